The second-order valence-electron chi connectivity index (χ2n) is 5.45. The Morgan fingerprint density at radius 3 is 2.90 bits per heavy atom. The summed E-state index contributed by atoms with van der Waals surface area (Å²) in [6, 6.07) is -1.42. The molecule has 2 saturated heterocycles. The molecule has 0 aromatic heterocycles. The van der Waals surface area contributed by atoms with Gasteiger partial charge in [0.05, 0.1) is 4.87 Å². The third-order valence-electron chi connectivity index (χ3n) is 3.94. The molecule has 0 spiro atoms. The minimum atomic E-state index is -1.03. The summed E-state index contributed by atoms with van der Waals surface area (Å²) < 4.78 is 0. The highest BCUT2D eigenvalue weighted by atomic mass is 32.2. The predicted molar refractivity (Wildman–Crippen MR) is 75.2 cm³/mol. The summed E-state index contributed by atoms with van der Waals surface area (Å²) >= 11 is 1.60. The monoisotopic (exact) mass is 300 g/mol. The largest absolute Gasteiger partial charge is 0.480 e. The Morgan fingerprint density at radius 2 is 2.30 bits per heavy atom. The lowest BCUT2D eigenvalue weighted by Gasteiger charge is -2.30. The van der Waals surface area contributed by atoms with Crippen LogP contribution < -0.4 is 5.32 Å². The molecule has 6 nitrogen and oxygen atoms in total. The van der Waals surface area contributed by atoms with Gasteiger partial charge in [0.15, 0.2) is 0 Å². The number of carboxylic acid groups (broad SMARTS) is 1. The first-order valence-corrected chi connectivity index (χ1v) is 7.87. The molecule has 3 atom stereocenters. The first kappa shape index (κ1) is 15.2. The van der Waals surface area contributed by atoms with Gasteiger partial charge in [0.1, 0.15) is 12.1 Å². The Balaban J connectivity index is 2.06. The SMILES string of the molecule is CCC[C@H](NC(=O)C1CSC2(C)CCC(=O)N12)C(=O)O. The van der Waals surface area contributed by atoms with E-state index in [1.54, 1.807) is 16.7 Å². The Kier molecular flexibility index (Phi) is 4.27. The maximum atomic E-state index is 12.3. The lowest BCUT2D eigenvalue weighted by Crippen LogP contribution is -2.53. The van der Waals surface area contributed by atoms with Crippen LogP contribution in [-0.4, -0.2) is 50.5 Å². The zero-order valence-corrected chi connectivity index (χ0v) is 12.5. The number of hydrogen-bond donors (Lipinski definition) is 2. The molecule has 2 heterocycles. The summed E-state index contributed by atoms with van der Waals surface area (Å²) in [5.41, 5.74) is 0. The molecular formula is C13H20N2O4S. The summed E-state index contributed by atoms with van der Waals surface area (Å²) in [6.45, 7) is 3.84. The molecule has 0 bridgehead atoms. The maximum absolute atomic E-state index is 12.3. The normalized spacial score (nSPS) is 30.2. The van der Waals surface area contributed by atoms with E-state index in [9.17, 15) is 14.4 Å². The van der Waals surface area contributed by atoms with E-state index in [0.717, 1.165) is 6.42 Å². The Labute approximate surface area is 122 Å². The molecule has 112 valence electrons. The van der Waals surface area contributed by atoms with Crippen molar-refractivity contribution < 1.29 is 19.5 Å². The first-order chi connectivity index (χ1) is 9.39. The second-order valence-corrected chi connectivity index (χ2v) is 6.96. The van der Waals surface area contributed by atoms with Gasteiger partial charge in [-0.1, -0.05) is 13.3 Å². The molecule has 0 radical (unpaired) electrons. The van der Waals surface area contributed by atoms with Gasteiger partial charge in [0.2, 0.25) is 11.8 Å². The highest BCUT2D eigenvalue weighted by Crippen LogP contribution is 2.47. The topological polar surface area (TPSA) is 86.7 Å². The van der Waals surface area contributed by atoms with E-state index in [0.29, 0.717) is 25.0 Å². The van der Waals surface area contributed by atoms with Crippen LogP contribution >= 0.6 is 11.8 Å². The van der Waals surface area contributed by atoms with Crippen LogP contribution in [0.2, 0.25) is 0 Å². The third kappa shape index (κ3) is 2.63. The van der Waals surface area contributed by atoms with Crippen molar-refractivity contribution in [2.75, 3.05) is 5.75 Å². The van der Waals surface area contributed by atoms with Gasteiger partial charge in [-0.25, -0.2) is 4.79 Å². The molecule has 20 heavy (non-hydrogen) atoms. The van der Waals surface area contributed by atoms with Crippen LogP contribution in [0.1, 0.15) is 39.5 Å². The van der Waals surface area contributed by atoms with Crippen molar-refractivity contribution in [1.29, 1.82) is 0 Å². The van der Waals surface area contributed by atoms with Crippen LogP contribution in [0.5, 0.6) is 0 Å². The molecule has 0 aromatic rings. The fraction of sp³-hybridized carbons (Fsp3) is 0.769. The number of hydrogen-bond acceptors (Lipinski definition) is 4. The molecule has 0 saturated carbocycles. The van der Waals surface area contributed by atoms with Gasteiger partial charge in [0, 0.05) is 12.2 Å². The number of rotatable bonds is 5. The van der Waals surface area contributed by atoms with Crippen LogP contribution in [0.25, 0.3) is 0 Å². The summed E-state index contributed by atoms with van der Waals surface area (Å²) in [4.78, 5) is 36.6. The van der Waals surface area contributed by atoms with Crippen molar-refractivity contribution in [3.05, 3.63) is 0 Å². The van der Waals surface area contributed by atoms with Crippen LogP contribution in [-0.2, 0) is 14.4 Å². The van der Waals surface area contributed by atoms with Gasteiger partial charge >= 0.3 is 5.97 Å². The lowest BCUT2D eigenvalue weighted by atomic mass is 10.1. The van der Waals surface area contributed by atoms with Gasteiger partial charge < -0.3 is 15.3 Å². The number of nitrogens with one attached hydrogen (secondary N) is 1. The number of nitrogens with zero attached hydrogens (tertiary/aromatic N) is 1. The first-order valence-electron chi connectivity index (χ1n) is 6.88. The molecule has 7 heteroatoms. The van der Waals surface area contributed by atoms with E-state index in [1.807, 2.05) is 13.8 Å². The average molecular weight is 300 g/mol. The molecule has 2 rings (SSSR count). The molecule has 2 aliphatic rings. The molecule has 0 aliphatic carbocycles. The van der Waals surface area contributed by atoms with E-state index in [1.165, 1.54) is 0 Å². The van der Waals surface area contributed by atoms with Crippen molar-refractivity contribution in [2.24, 2.45) is 0 Å². The molecule has 2 unspecified atom stereocenters. The number of aliphatic carboxylic acids is 1. The molecule has 2 N–H and O–H groups in total. The highest BCUT2D eigenvalue weighted by molar-refractivity contribution is 8.01. The van der Waals surface area contributed by atoms with E-state index < -0.39 is 18.1 Å². The number of fused-ring (bicyclic) bond motifs is 1. The third-order valence-corrected chi connectivity index (χ3v) is 5.44. The fourth-order valence-electron chi connectivity index (χ4n) is 2.83. The molecule has 2 amide bonds. The van der Waals surface area contributed by atoms with E-state index >= 15 is 0 Å². The number of carboxylic acids is 1. The summed E-state index contributed by atoms with van der Waals surface area (Å²) in [6.07, 6.45) is 2.28. The molecule has 2 fully saturated rings. The van der Waals surface area contributed by atoms with E-state index in [-0.39, 0.29) is 16.7 Å². The zero-order valence-electron chi connectivity index (χ0n) is 11.7. The summed E-state index contributed by atoms with van der Waals surface area (Å²) in [7, 11) is 0. The molecular weight excluding hydrogens is 280 g/mol. The summed E-state index contributed by atoms with van der Waals surface area (Å²) in [5.74, 6) is -0.856. The molecule has 0 aromatic carbocycles. The van der Waals surface area contributed by atoms with Gasteiger partial charge in [-0.2, -0.15) is 0 Å². The minimum absolute atomic E-state index is 0.0139. The van der Waals surface area contributed by atoms with Crippen molar-refractivity contribution in [1.82, 2.24) is 10.2 Å². The fourth-order valence-corrected chi connectivity index (χ4v) is 4.26. The van der Waals surface area contributed by atoms with E-state index in [4.69, 9.17) is 5.11 Å². The van der Waals surface area contributed by atoms with Gasteiger partial charge in [0.25, 0.3) is 0 Å². The van der Waals surface area contributed by atoms with Gasteiger partial charge in [-0.15, -0.1) is 11.8 Å². The Bertz CT molecular complexity index is 442. The predicted octanol–water partition coefficient (Wildman–Crippen LogP) is 0.810. The number of thioether (sulfide) groups is 1. The van der Waals surface area contributed by atoms with Crippen molar-refractivity contribution in [2.45, 2.75) is 56.5 Å². The van der Waals surface area contributed by atoms with Crippen molar-refractivity contribution in [3.63, 3.8) is 0 Å². The van der Waals surface area contributed by atoms with Crippen LogP contribution in [0.4, 0.5) is 0 Å². The van der Waals surface area contributed by atoms with Gasteiger partial charge in [-0.3, -0.25) is 9.59 Å². The quantitative estimate of drug-likeness (QED) is 0.784. The van der Waals surface area contributed by atoms with Crippen molar-refractivity contribution in [3.8, 4) is 0 Å². The highest BCUT2D eigenvalue weighted by Gasteiger charge is 2.53. The Hall–Kier alpha value is -1.24. The number of carbonyl (C=O) groups is 3. The van der Waals surface area contributed by atoms with Crippen LogP contribution in [0, 0.1) is 0 Å². The van der Waals surface area contributed by atoms with Crippen LogP contribution in [0.3, 0.4) is 0 Å². The minimum Gasteiger partial charge on any atom is -0.480 e. The number of amides is 2. The zero-order chi connectivity index (χ0) is 14.9. The molecule has 2 aliphatic heterocycles. The number of carbonyl (C=O) groups excluding carboxylic acids is 2. The maximum Gasteiger partial charge on any atom is 0.326 e. The summed E-state index contributed by atoms with van der Waals surface area (Å²) in [5, 5.41) is 11.6. The van der Waals surface area contributed by atoms with Gasteiger partial charge in [-0.05, 0) is 19.8 Å². The standard InChI is InChI=1S/C13H20N2O4S/c1-3-4-8(12(18)19)14-11(17)9-7-20-13(2)6-5-10(16)15(9)13/h8-9H,3-7H2,1-2H3,(H,14,17)(H,18,19)/t8-,9?,13?/m0/s1. The lowest BCUT2D eigenvalue weighted by molar-refractivity contribution is -0.144. The van der Waals surface area contributed by atoms with E-state index in [2.05, 4.69) is 5.32 Å². The van der Waals surface area contributed by atoms with Crippen molar-refractivity contribution >= 4 is 29.5 Å². The Morgan fingerprint density at radius 1 is 1.60 bits per heavy atom. The smallest absolute Gasteiger partial charge is 0.326 e. The second kappa shape index (κ2) is 5.63. The average Bonchev–Trinajstić information content (AvgIpc) is 2.86. The van der Waals surface area contributed by atoms with Crippen LogP contribution in [0.15, 0.2) is 0 Å².